The Morgan fingerprint density at radius 3 is 2.59 bits per heavy atom. The molecule has 2 N–H and O–H groups in total. The lowest BCUT2D eigenvalue weighted by molar-refractivity contribution is 0.0524. The maximum atomic E-state index is 12.3. The van der Waals surface area contributed by atoms with Gasteiger partial charge in [-0.25, -0.2) is 22.9 Å². The second-order valence-corrected chi connectivity index (χ2v) is 8.55. The Hall–Kier alpha value is -2.98. The van der Waals surface area contributed by atoms with E-state index in [0.717, 1.165) is 4.31 Å². The summed E-state index contributed by atoms with van der Waals surface area (Å²) in [5.74, 6) is -0.995. The number of H-pyrrole nitrogens is 1. The lowest BCUT2D eigenvalue weighted by atomic mass is 10.1. The van der Waals surface area contributed by atoms with E-state index in [4.69, 9.17) is 4.74 Å². The predicted molar refractivity (Wildman–Crippen MR) is 109 cm³/mol. The Kier molecular flexibility index (Phi) is 6.93. The van der Waals surface area contributed by atoms with E-state index >= 15 is 0 Å². The fourth-order valence-electron chi connectivity index (χ4n) is 2.64. The number of aromatic amines is 1. The number of aromatic nitrogens is 1. The van der Waals surface area contributed by atoms with Crippen molar-refractivity contribution >= 4 is 28.1 Å². The number of esters is 1. The van der Waals surface area contributed by atoms with E-state index in [9.17, 15) is 18.0 Å². The van der Waals surface area contributed by atoms with E-state index in [1.165, 1.54) is 44.6 Å². The molecule has 2 aromatic rings. The van der Waals surface area contributed by atoms with Crippen LogP contribution in [0, 0.1) is 13.8 Å². The average Bonchev–Trinajstić information content (AvgIpc) is 2.95. The van der Waals surface area contributed by atoms with Crippen LogP contribution >= 0.6 is 0 Å². The summed E-state index contributed by atoms with van der Waals surface area (Å²) in [6.07, 6.45) is 1.38. The Morgan fingerprint density at radius 2 is 1.97 bits per heavy atom. The van der Waals surface area contributed by atoms with Gasteiger partial charge >= 0.3 is 5.97 Å². The number of nitrogens with zero attached hydrogens (tertiary/aromatic N) is 2. The molecule has 1 amide bonds. The zero-order valence-corrected chi connectivity index (χ0v) is 17.8. The minimum Gasteiger partial charge on any atom is -0.462 e. The van der Waals surface area contributed by atoms with Gasteiger partial charge in [-0.05, 0) is 44.5 Å². The van der Waals surface area contributed by atoms with Crippen LogP contribution in [-0.2, 0) is 14.8 Å². The Labute approximate surface area is 169 Å². The first-order valence-corrected chi connectivity index (χ1v) is 10.3. The highest BCUT2D eigenvalue weighted by Gasteiger charge is 2.19. The van der Waals surface area contributed by atoms with Crippen molar-refractivity contribution in [2.24, 2.45) is 5.10 Å². The molecule has 0 saturated heterocycles. The number of benzene rings is 1. The molecular formula is C19H24N4O5S. The van der Waals surface area contributed by atoms with Gasteiger partial charge in [-0.15, -0.1) is 0 Å². The van der Waals surface area contributed by atoms with Gasteiger partial charge in [0.15, 0.2) is 0 Å². The number of carbonyl (C=O) groups is 2. The summed E-state index contributed by atoms with van der Waals surface area (Å²) in [6.45, 7) is 5.48. The quantitative estimate of drug-likeness (QED) is 0.402. The number of nitrogens with one attached hydrogen (secondary N) is 2. The molecule has 9 nitrogen and oxygen atoms in total. The molecule has 10 heteroatoms. The summed E-state index contributed by atoms with van der Waals surface area (Å²) in [7, 11) is -0.822. The minimum absolute atomic E-state index is 0.00838. The van der Waals surface area contributed by atoms with Crippen LogP contribution in [0.4, 0.5) is 0 Å². The molecule has 0 bridgehead atoms. The number of ether oxygens (including phenoxy) is 1. The molecule has 156 valence electrons. The SMILES string of the molecule is CCOC(=O)c1c(C)[nH]c(/C=N/NC(=O)c2cccc(S(=O)(=O)N(C)C)c2)c1C. The first-order chi connectivity index (χ1) is 13.6. The third-order valence-corrected chi connectivity index (χ3v) is 6.00. The second-order valence-electron chi connectivity index (χ2n) is 6.40. The van der Waals surface area contributed by atoms with E-state index in [1.54, 1.807) is 20.8 Å². The first kappa shape index (κ1) is 22.3. The molecule has 0 aliphatic heterocycles. The molecule has 1 aromatic heterocycles. The van der Waals surface area contributed by atoms with Crippen LogP contribution in [0.2, 0.25) is 0 Å². The van der Waals surface area contributed by atoms with Crippen molar-refractivity contribution in [2.45, 2.75) is 25.7 Å². The fraction of sp³-hybridized carbons (Fsp3) is 0.316. The predicted octanol–water partition coefficient (Wildman–Crippen LogP) is 1.82. The Morgan fingerprint density at radius 1 is 1.28 bits per heavy atom. The number of carbonyl (C=O) groups excluding carboxylic acids is 2. The van der Waals surface area contributed by atoms with E-state index < -0.39 is 21.9 Å². The smallest absolute Gasteiger partial charge is 0.340 e. The fourth-order valence-corrected chi connectivity index (χ4v) is 3.59. The van der Waals surface area contributed by atoms with Crippen molar-refractivity contribution in [2.75, 3.05) is 20.7 Å². The second kappa shape index (κ2) is 9.01. The molecule has 29 heavy (non-hydrogen) atoms. The minimum atomic E-state index is -3.65. The summed E-state index contributed by atoms with van der Waals surface area (Å²) in [6, 6.07) is 5.67. The highest BCUT2D eigenvalue weighted by molar-refractivity contribution is 7.89. The van der Waals surface area contributed by atoms with Gasteiger partial charge in [0.1, 0.15) is 0 Å². The van der Waals surface area contributed by atoms with Crippen molar-refractivity contribution in [3.8, 4) is 0 Å². The monoisotopic (exact) mass is 420 g/mol. The molecule has 0 aliphatic rings. The van der Waals surface area contributed by atoms with Gasteiger partial charge in [0.25, 0.3) is 5.91 Å². The number of rotatable bonds is 7. The standard InChI is InChI=1S/C19H24N4O5S/c1-6-28-19(25)17-12(2)16(21-13(17)3)11-20-22-18(24)14-8-7-9-15(10-14)29(26,27)23(4)5/h7-11,21H,6H2,1-5H3,(H,22,24)/b20-11+. The zero-order valence-electron chi connectivity index (χ0n) is 16.9. The molecule has 0 atom stereocenters. The third kappa shape index (κ3) is 4.90. The first-order valence-electron chi connectivity index (χ1n) is 8.81. The number of hydrogen-bond donors (Lipinski definition) is 2. The zero-order chi connectivity index (χ0) is 21.8. The van der Waals surface area contributed by atoms with Gasteiger partial charge in [-0.3, -0.25) is 4.79 Å². The molecule has 1 heterocycles. The summed E-state index contributed by atoms with van der Waals surface area (Å²) < 4.78 is 30.5. The molecule has 2 rings (SSSR count). The highest BCUT2D eigenvalue weighted by Crippen LogP contribution is 2.18. The average molecular weight is 420 g/mol. The van der Waals surface area contributed by atoms with Crippen molar-refractivity contribution in [3.63, 3.8) is 0 Å². The molecule has 0 unspecified atom stereocenters. The summed E-state index contributed by atoms with van der Waals surface area (Å²) in [5, 5.41) is 3.90. The highest BCUT2D eigenvalue weighted by atomic mass is 32.2. The van der Waals surface area contributed by atoms with Crippen molar-refractivity contribution < 1.29 is 22.7 Å². The van der Waals surface area contributed by atoms with Gasteiger partial charge in [0.2, 0.25) is 10.0 Å². The number of hydrogen-bond acceptors (Lipinski definition) is 6. The van der Waals surface area contributed by atoms with Gasteiger partial charge < -0.3 is 9.72 Å². The molecule has 0 saturated carbocycles. The van der Waals surface area contributed by atoms with Gasteiger partial charge in [-0.1, -0.05) is 6.07 Å². The molecule has 0 spiro atoms. The summed E-state index contributed by atoms with van der Waals surface area (Å²) in [5.41, 5.74) is 4.77. The maximum absolute atomic E-state index is 12.3. The van der Waals surface area contributed by atoms with Gasteiger partial charge in [0.05, 0.1) is 29.0 Å². The van der Waals surface area contributed by atoms with Gasteiger partial charge in [0, 0.05) is 25.4 Å². The molecule has 0 radical (unpaired) electrons. The van der Waals surface area contributed by atoms with Crippen LogP contribution in [0.1, 0.15) is 44.6 Å². The molecular weight excluding hydrogens is 396 g/mol. The van der Waals surface area contributed by atoms with Crippen LogP contribution in [-0.4, -0.2) is 56.5 Å². The van der Waals surface area contributed by atoms with Crippen LogP contribution in [0.25, 0.3) is 0 Å². The normalized spacial score (nSPS) is 11.8. The Bertz CT molecular complexity index is 1050. The Balaban J connectivity index is 2.17. The molecule has 0 aliphatic carbocycles. The van der Waals surface area contributed by atoms with Crippen LogP contribution in [0.15, 0.2) is 34.3 Å². The largest absolute Gasteiger partial charge is 0.462 e. The number of hydrazone groups is 1. The topological polar surface area (TPSA) is 121 Å². The van der Waals surface area contributed by atoms with E-state index in [-0.39, 0.29) is 17.1 Å². The van der Waals surface area contributed by atoms with Crippen LogP contribution in [0.5, 0.6) is 0 Å². The summed E-state index contributed by atoms with van der Waals surface area (Å²) >= 11 is 0. The lowest BCUT2D eigenvalue weighted by Crippen LogP contribution is -2.23. The third-order valence-electron chi connectivity index (χ3n) is 4.19. The number of amides is 1. The molecule has 0 fully saturated rings. The van der Waals surface area contributed by atoms with E-state index in [2.05, 4.69) is 15.5 Å². The van der Waals surface area contributed by atoms with Crippen LogP contribution < -0.4 is 5.43 Å². The van der Waals surface area contributed by atoms with Crippen molar-refractivity contribution in [1.82, 2.24) is 14.7 Å². The van der Waals surface area contributed by atoms with E-state index in [1.807, 2.05) is 0 Å². The summed E-state index contributed by atoms with van der Waals surface area (Å²) in [4.78, 5) is 27.4. The molecule has 1 aromatic carbocycles. The van der Waals surface area contributed by atoms with Crippen LogP contribution in [0.3, 0.4) is 0 Å². The number of sulfonamides is 1. The van der Waals surface area contributed by atoms with Crippen molar-refractivity contribution in [1.29, 1.82) is 0 Å². The lowest BCUT2D eigenvalue weighted by Gasteiger charge is -2.11. The number of aryl methyl sites for hydroxylation is 1. The maximum Gasteiger partial charge on any atom is 0.340 e. The van der Waals surface area contributed by atoms with Crippen molar-refractivity contribution in [3.05, 3.63) is 52.3 Å². The van der Waals surface area contributed by atoms with E-state index in [0.29, 0.717) is 22.5 Å². The van der Waals surface area contributed by atoms with Gasteiger partial charge in [-0.2, -0.15) is 5.10 Å².